The molecule has 1 aliphatic rings. The normalized spacial score (nSPS) is 21.1. The Bertz CT molecular complexity index is 863. The van der Waals surface area contributed by atoms with Crippen molar-refractivity contribution >= 4 is 28.5 Å². The summed E-state index contributed by atoms with van der Waals surface area (Å²) in [6, 6.07) is 8.05. The fourth-order valence-corrected chi connectivity index (χ4v) is 3.63. The van der Waals surface area contributed by atoms with Crippen molar-refractivity contribution in [3.05, 3.63) is 41.8 Å². The summed E-state index contributed by atoms with van der Waals surface area (Å²) in [5, 5.41) is 14.8. The van der Waals surface area contributed by atoms with E-state index >= 15 is 0 Å². The summed E-state index contributed by atoms with van der Waals surface area (Å²) in [4.78, 5) is 11.9. The van der Waals surface area contributed by atoms with Gasteiger partial charge >= 0.3 is 0 Å². The van der Waals surface area contributed by atoms with Crippen LogP contribution in [0.15, 0.2) is 36.7 Å². The quantitative estimate of drug-likeness (QED) is 0.629. The number of aliphatic hydroxyl groups excluding tert-OH is 1. The SMILES string of the molecule is OC1CCCC(Nc2cc(-c3c[nH]c4ncccc34)cc(Cl)n2)C1. The fraction of sp³-hybridized carbons (Fsp3) is 0.333. The Morgan fingerprint density at radius 1 is 1.29 bits per heavy atom. The second-order valence-corrected chi connectivity index (χ2v) is 6.71. The van der Waals surface area contributed by atoms with Gasteiger partial charge in [-0.3, -0.25) is 0 Å². The summed E-state index contributed by atoms with van der Waals surface area (Å²) in [6.45, 7) is 0. The summed E-state index contributed by atoms with van der Waals surface area (Å²) >= 11 is 6.24. The molecule has 4 rings (SSSR count). The van der Waals surface area contributed by atoms with Gasteiger partial charge in [0, 0.05) is 29.4 Å². The number of aliphatic hydroxyl groups is 1. The van der Waals surface area contributed by atoms with Gasteiger partial charge in [-0.05, 0) is 55.5 Å². The van der Waals surface area contributed by atoms with Gasteiger partial charge in [0.05, 0.1) is 6.10 Å². The van der Waals surface area contributed by atoms with Crippen LogP contribution in [0.4, 0.5) is 5.82 Å². The molecule has 3 N–H and O–H groups in total. The number of hydrogen-bond donors (Lipinski definition) is 3. The van der Waals surface area contributed by atoms with Gasteiger partial charge in [0.25, 0.3) is 0 Å². The number of pyridine rings is 2. The Balaban J connectivity index is 1.66. The highest BCUT2D eigenvalue weighted by Gasteiger charge is 2.20. The van der Waals surface area contributed by atoms with Crippen molar-refractivity contribution in [2.75, 3.05) is 5.32 Å². The summed E-state index contributed by atoms with van der Waals surface area (Å²) in [7, 11) is 0. The summed E-state index contributed by atoms with van der Waals surface area (Å²) < 4.78 is 0. The molecule has 1 aliphatic carbocycles. The summed E-state index contributed by atoms with van der Waals surface area (Å²) in [6.07, 6.45) is 7.18. The van der Waals surface area contributed by atoms with E-state index in [2.05, 4.69) is 20.3 Å². The van der Waals surface area contributed by atoms with Crippen LogP contribution in [0, 0.1) is 0 Å². The molecule has 0 radical (unpaired) electrons. The van der Waals surface area contributed by atoms with Crippen molar-refractivity contribution in [1.29, 1.82) is 0 Å². The van der Waals surface area contributed by atoms with Gasteiger partial charge in [-0.2, -0.15) is 0 Å². The molecular formula is C18H19ClN4O. The van der Waals surface area contributed by atoms with Crippen LogP contribution in [-0.2, 0) is 0 Å². The van der Waals surface area contributed by atoms with Gasteiger partial charge in [-0.15, -0.1) is 0 Å². The van der Waals surface area contributed by atoms with Crippen molar-refractivity contribution in [3.8, 4) is 11.1 Å². The van der Waals surface area contributed by atoms with Crippen LogP contribution in [0.25, 0.3) is 22.2 Å². The van der Waals surface area contributed by atoms with Crippen LogP contribution in [0.3, 0.4) is 0 Å². The minimum absolute atomic E-state index is 0.227. The minimum atomic E-state index is -0.227. The zero-order chi connectivity index (χ0) is 16.5. The lowest BCUT2D eigenvalue weighted by Gasteiger charge is -2.27. The number of H-pyrrole nitrogens is 1. The topological polar surface area (TPSA) is 73.8 Å². The van der Waals surface area contributed by atoms with Crippen LogP contribution in [0.5, 0.6) is 0 Å². The number of nitrogens with zero attached hydrogens (tertiary/aromatic N) is 2. The van der Waals surface area contributed by atoms with Gasteiger partial charge in [0.15, 0.2) is 0 Å². The molecule has 24 heavy (non-hydrogen) atoms. The first-order chi connectivity index (χ1) is 11.7. The highest BCUT2D eigenvalue weighted by atomic mass is 35.5. The molecule has 3 aromatic heterocycles. The Morgan fingerprint density at radius 2 is 2.21 bits per heavy atom. The van der Waals surface area contributed by atoms with Crippen LogP contribution in [-0.4, -0.2) is 32.2 Å². The largest absolute Gasteiger partial charge is 0.393 e. The third-order valence-electron chi connectivity index (χ3n) is 4.55. The number of halogens is 1. The van der Waals surface area contributed by atoms with E-state index in [1.807, 2.05) is 30.5 Å². The van der Waals surface area contributed by atoms with E-state index in [4.69, 9.17) is 11.6 Å². The molecule has 0 aromatic carbocycles. The average Bonchev–Trinajstić information content (AvgIpc) is 2.98. The maximum absolute atomic E-state index is 9.84. The van der Waals surface area contributed by atoms with Crippen molar-refractivity contribution in [2.45, 2.75) is 37.8 Å². The number of fused-ring (bicyclic) bond motifs is 1. The van der Waals surface area contributed by atoms with Gasteiger partial charge in [-0.1, -0.05) is 11.6 Å². The Morgan fingerprint density at radius 3 is 3.08 bits per heavy atom. The highest BCUT2D eigenvalue weighted by molar-refractivity contribution is 6.29. The predicted octanol–water partition coefficient (Wildman–Crippen LogP) is 3.99. The van der Waals surface area contributed by atoms with Crippen LogP contribution in [0.2, 0.25) is 5.15 Å². The molecule has 2 unspecified atom stereocenters. The Kier molecular flexibility index (Phi) is 4.12. The van der Waals surface area contributed by atoms with Gasteiger partial charge in [0.2, 0.25) is 0 Å². The fourth-order valence-electron chi connectivity index (χ4n) is 3.43. The molecule has 0 aliphatic heterocycles. The molecular weight excluding hydrogens is 324 g/mol. The van der Waals surface area contributed by atoms with Crippen molar-refractivity contribution in [1.82, 2.24) is 15.0 Å². The van der Waals surface area contributed by atoms with Crippen LogP contribution >= 0.6 is 11.6 Å². The van der Waals surface area contributed by atoms with E-state index in [1.54, 1.807) is 6.20 Å². The lowest BCUT2D eigenvalue weighted by Crippen LogP contribution is -2.30. The predicted molar refractivity (Wildman–Crippen MR) is 96.2 cm³/mol. The lowest BCUT2D eigenvalue weighted by molar-refractivity contribution is 0.124. The number of nitrogens with one attached hydrogen (secondary N) is 2. The molecule has 0 saturated heterocycles. The van der Waals surface area contributed by atoms with Gasteiger partial charge in [-0.25, -0.2) is 9.97 Å². The maximum atomic E-state index is 9.84. The van der Waals surface area contributed by atoms with E-state index in [0.29, 0.717) is 5.15 Å². The number of aromatic amines is 1. The highest BCUT2D eigenvalue weighted by Crippen LogP contribution is 2.31. The van der Waals surface area contributed by atoms with E-state index in [1.165, 1.54) is 0 Å². The second kappa shape index (κ2) is 6.42. The number of anilines is 1. The maximum Gasteiger partial charge on any atom is 0.137 e. The zero-order valence-corrected chi connectivity index (χ0v) is 13.9. The molecule has 1 saturated carbocycles. The average molecular weight is 343 g/mol. The molecule has 0 spiro atoms. The standard InChI is InChI=1S/C18H19ClN4O/c19-16-7-11(15-10-21-18-14(15)5-2-6-20-18)8-17(23-16)22-12-3-1-4-13(24)9-12/h2,5-8,10,12-13,24H,1,3-4,9H2,(H,20,21)(H,22,23). The zero-order valence-electron chi connectivity index (χ0n) is 13.2. The van der Waals surface area contributed by atoms with Crippen molar-refractivity contribution in [2.24, 2.45) is 0 Å². The first kappa shape index (κ1) is 15.4. The van der Waals surface area contributed by atoms with E-state index in [0.717, 1.165) is 53.7 Å². The van der Waals surface area contributed by atoms with E-state index in [9.17, 15) is 5.11 Å². The first-order valence-electron chi connectivity index (χ1n) is 8.24. The van der Waals surface area contributed by atoms with E-state index in [-0.39, 0.29) is 12.1 Å². The van der Waals surface area contributed by atoms with E-state index < -0.39 is 0 Å². The van der Waals surface area contributed by atoms with Gasteiger partial charge in [0.1, 0.15) is 16.6 Å². The third-order valence-corrected chi connectivity index (χ3v) is 4.75. The Labute approximate surface area is 145 Å². The number of aromatic nitrogens is 3. The molecule has 0 bridgehead atoms. The second-order valence-electron chi connectivity index (χ2n) is 6.33. The molecule has 3 heterocycles. The molecule has 3 aromatic rings. The monoisotopic (exact) mass is 342 g/mol. The minimum Gasteiger partial charge on any atom is -0.393 e. The molecule has 0 amide bonds. The molecule has 6 heteroatoms. The smallest absolute Gasteiger partial charge is 0.137 e. The number of hydrogen-bond acceptors (Lipinski definition) is 4. The first-order valence-corrected chi connectivity index (χ1v) is 8.61. The number of rotatable bonds is 3. The van der Waals surface area contributed by atoms with Gasteiger partial charge < -0.3 is 15.4 Å². The van der Waals surface area contributed by atoms with Crippen molar-refractivity contribution in [3.63, 3.8) is 0 Å². The Hall–Kier alpha value is -2.11. The van der Waals surface area contributed by atoms with Crippen LogP contribution in [0.1, 0.15) is 25.7 Å². The molecule has 1 fully saturated rings. The van der Waals surface area contributed by atoms with Crippen molar-refractivity contribution < 1.29 is 5.11 Å². The summed E-state index contributed by atoms with van der Waals surface area (Å²) in [5.41, 5.74) is 2.90. The molecule has 2 atom stereocenters. The molecule has 5 nitrogen and oxygen atoms in total. The third kappa shape index (κ3) is 3.09. The lowest BCUT2D eigenvalue weighted by atomic mass is 9.93. The summed E-state index contributed by atoms with van der Waals surface area (Å²) in [5.74, 6) is 0.745. The molecule has 124 valence electrons. The van der Waals surface area contributed by atoms with Crippen LogP contribution < -0.4 is 5.32 Å².